The fourth-order valence-corrected chi connectivity index (χ4v) is 4.82. The van der Waals surface area contributed by atoms with Crippen LogP contribution in [0.25, 0.3) is 0 Å². The van der Waals surface area contributed by atoms with Crippen molar-refractivity contribution in [3.8, 4) is 17.2 Å². The highest BCUT2D eigenvalue weighted by Crippen LogP contribution is 2.29. The number of hydrazone groups is 1. The summed E-state index contributed by atoms with van der Waals surface area (Å²) in [6.07, 6.45) is 1.38. The van der Waals surface area contributed by atoms with Crippen molar-refractivity contribution < 1.29 is 27.4 Å². The largest absolute Gasteiger partial charge is 0.494 e. The summed E-state index contributed by atoms with van der Waals surface area (Å²) < 4.78 is 43.9. The van der Waals surface area contributed by atoms with E-state index >= 15 is 0 Å². The monoisotopic (exact) mass is 531 g/mol. The number of para-hydroxylation sites is 1. The van der Waals surface area contributed by atoms with Crippen molar-refractivity contribution in [3.05, 3.63) is 77.3 Å². The van der Waals surface area contributed by atoms with Crippen molar-refractivity contribution in [3.63, 3.8) is 0 Å². The number of rotatable bonds is 11. The zero-order chi connectivity index (χ0) is 26.1. The van der Waals surface area contributed by atoms with Gasteiger partial charge in [-0.05, 0) is 67.6 Å². The Bertz CT molecular complexity index is 1310. The normalized spacial score (nSPS) is 11.2. The third-order valence-electron chi connectivity index (χ3n) is 4.95. The molecule has 1 N–H and O–H groups in total. The lowest BCUT2D eigenvalue weighted by molar-refractivity contribution is -0.119. The van der Waals surface area contributed by atoms with Crippen molar-refractivity contribution in [2.24, 2.45) is 5.10 Å². The first-order chi connectivity index (χ1) is 17.3. The predicted molar refractivity (Wildman–Crippen MR) is 139 cm³/mol. The topological polar surface area (TPSA) is 107 Å². The molecule has 0 heterocycles. The molecule has 36 heavy (non-hydrogen) atoms. The summed E-state index contributed by atoms with van der Waals surface area (Å²) in [5.41, 5.74) is 3.21. The Morgan fingerprint density at radius 2 is 1.72 bits per heavy atom. The second kappa shape index (κ2) is 12.3. The van der Waals surface area contributed by atoms with Crippen LogP contribution in [-0.2, 0) is 14.8 Å². The average molecular weight is 532 g/mol. The molecule has 0 spiro atoms. The third-order valence-corrected chi connectivity index (χ3v) is 6.99. The minimum Gasteiger partial charge on any atom is -0.494 e. The number of nitrogens with zero attached hydrogens (tertiary/aromatic N) is 2. The number of hydrogen-bond donors (Lipinski definition) is 1. The molecule has 0 saturated carbocycles. The van der Waals surface area contributed by atoms with E-state index in [-0.39, 0.29) is 10.6 Å². The van der Waals surface area contributed by atoms with E-state index in [9.17, 15) is 13.2 Å². The highest BCUT2D eigenvalue weighted by atomic mass is 35.5. The lowest BCUT2D eigenvalue weighted by Gasteiger charge is -2.24. The molecule has 0 aliphatic heterocycles. The van der Waals surface area contributed by atoms with Crippen LogP contribution < -0.4 is 23.9 Å². The highest BCUT2D eigenvalue weighted by Gasteiger charge is 2.27. The summed E-state index contributed by atoms with van der Waals surface area (Å²) in [5.74, 6) is 0.869. The van der Waals surface area contributed by atoms with Gasteiger partial charge in [0.1, 0.15) is 12.3 Å². The number of hydrogen-bond acceptors (Lipinski definition) is 7. The first kappa shape index (κ1) is 26.8. The number of sulfonamides is 1. The van der Waals surface area contributed by atoms with Gasteiger partial charge in [0.2, 0.25) is 0 Å². The van der Waals surface area contributed by atoms with Crippen molar-refractivity contribution in [2.45, 2.75) is 11.8 Å². The van der Waals surface area contributed by atoms with E-state index in [0.29, 0.717) is 34.4 Å². The smallest absolute Gasteiger partial charge is 0.264 e. The number of carbonyl (C=O) groups is 1. The van der Waals surface area contributed by atoms with Crippen molar-refractivity contribution in [1.29, 1.82) is 0 Å². The van der Waals surface area contributed by atoms with Crippen LogP contribution in [0.1, 0.15) is 12.5 Å². The number of amides is 1. The van der Waals surface area contributed by atoms with Gasteiger partial charge in [-0.3, -0.25) is 9.10 Å². The summed E-state index contributed by atoms with van der Waals surface area (Å²) in [6, 6.07) is 17.3. The Morgan fingerprint density at radius 1 is 1.03 bits per heavy atom. The molecule has 3 rings (SSSR count). The fraction of sp³-hybridized carbons (Fsp3) is 0.200. The van der Waals surface area contributed by atoms with E-state index in [1.165, 1.54) is 44.7 Å². The Morgan fingerprint density at radius 3 is 2.33 bits per heavy atom. The van der Waals surface area contributed by atoms with Crippen LogP contribution >= 0.6 is 11.6 Å². The standard InChI is InChI=1S/C25H26ClN3O6S/c1-4-35-21-12-10-20(11-13-21)29(36(31,32)22-14-8-19(26)9-15-22)17-24(30)28-27-16-18-6-5-7-23(33-2)25(18)34-3/h5-16H,4,17H2,1-3H3,(H,28,30)/b27-16-. The number of methoxy groups -OCH3 is 2. The number of nitrogens with one attached hydrogen (secondary N) is 1. The van der Waals surface area contributed by atoms with Crippen LogP contribution in [0.5, 0.6) is 17.2 Å². The summed E-state index contributed by atoms with van der Waals surface area (Å²) in [7, 11) is -1.10. The Hall–Kier alpha value is -3.76. The van der Waals surface area contributed by atoms with Gasteiger partial charge in [-0.25, -0.2) is 13.8 Å². The SMILES string of the molecule is CCOc1ccc(N(CC(=O)N/N=C\c2cccc(OC)c2OC)S(=O)(=O)c2ccc(Cl)cc2)cc1. The van der Waals surface area contributed by atoms with Gasteiger partial charge in [0.15, 0.2) is 11.5 Å². The maximum atomic E-state index is 13.4. The molecule has 11 heteroatoms. The Labute approximate surface area is 215 Å². The fourth-order valence-electron chi connectivity index (χ4n) is 3.28. The van der Waals surface area contributed by atoms with Gasteiger partial charge in [-0.1, -0.05) is 17.7 Å². The molecule has 0 fully saturated rings. The third kappa shape index (κ3) is 6.46. The average Bonchev–Trinajstić information content (AvgIpc) is 2.88. The van der Waals surface area contributed by atoms with Crippen LogP contribution in [0.4, 0.5) is 5.69 Å². The van der Waals surface area contributed by atoms with Gasteiger partial charge in [-0.2, -0.15) is 5.10 Å². The molecule has 0 saturated heterocycles. The van der Waals surface area contributed by atoms with E-state index in [1.54, 1.807) is 42.5 Å². The minimum atomic E-state index is -4.10. The van der Waals surface area contributed by atoms with Crippen LogP contribution in [-0.4, -0.2) is 47.9 Å². The van der Waals surface area contributed by atoms with Gasteiger partial charge in [-0.15, -0.1) is 0 Å². The number of halogens is 1. The molecule has 3 aromatic rings. The second-order valence-corrected chi connectivity index (χ2v) is 9.57. The van der Waals surface area contributed by atoms with Crippen LogP contribution in [0, 0.1) is 0 Å². The van der Waals surface area contributed by atoms with Crippen LogP contribution in [0.2, 0.25) is 5.02 Å². The summed E-state index contributed by atoms with van der Waals surface area (Å²) in [6.45, 7) is 1.79. The number of carbonyl (C=O) groups excluding carboxylic acids is 1. The number of anilines is 1. The molecule has 190 valence electrons. The zero-order valence-corrected chi connectivity index (χ0v) is 21.5. The Kier molecular flexibility index (Phi) is 9.15. The van der Waals surface area contributed by atoms with Crippen LogP contribution in [0.15, 0.2) is 76.7 Å². The second-order valence-electron chi connectivity index (χ2n) is 7.27. The summed E-state index contributed by atoms with van der Waals surface area (Å²) in [5, 5.41) is 4.35. The molecule has 0 bridgehead atoms. The van der Waals surface area contributed by atoms with Gasteiger partial charge >= 0.3 is 0 Å². The molecule has 0 aliphatic carbocycles. The van der Waals surface area contributed by atoms with E-state index in [2.05, 4.69) is 10.5 Å². The maximum absolute atomic E-state index is 13.4. The first-order valence-corrected chi connectivity index (χ1v) is 12.7. The van der Waals surface area contributed by atoms with E-state index in [4.69, 9.17) is 25.8 Å². The molecule has 0 unspecified atom stereocenters. The van der Waals surface area contributed by atoms with Crippen molar-refractivity contribution >= 4 is 39.4 Å². The van der Waals surface area contributed by atoms with Gasteiger partial charge < -0.3 is 14.2 Å². The van der Waals surface area contributed by atoms with Gasteiger partial charge in [0, 0.05) is 10.6 Å². The van der Waals surface area contributed by atoms with E-state index in [1.807, 2.05) is 6.92 Å². The molecular formula is C25H26ClN3O6S. The van der Waals surface area contributed by atoms with E-state index < -0.39 is 22.5 Å². The zero-order valence-electron chi connectivity index (χ0n) is 20.0. The molecule has 9 nitrogen and oxygen atoms in total. The molecule has 0 aliphatic rings. The molecule has 0 radical (unpaired) electrons. The van der Waals surface area contributed by atoms with Crippen molar-refractivity contribution in [2.75, 3.05) is 31.7 Å². The minimum absolute atomic E-state index is 0.0156. The van der Waals surface area contributed by atoms with Gasteiger partial charge in [0.25, 0.3) is 15.9 Å². The summed E-state index contributed by atoms with van der Waals surface area (Å²) in [4.78, 5) is 12.7. The molecule has 1 amide bonds. The number of ether oxygens (including phenoxy) is 3. The molecular weight excluding hydrogens is 506 g/mol. The molecule has 0 aromatic heterocycles. The lowest BCUT2D eigenvalue weighted by Crippen LogP contribution is -2.39. The molecule has 3 aromatic carbocycles. The van der Waals surface area contributed by atoms with E-state index in [0.717, 1.165) is 4.31 Å². The lowest BCUT2D eigenvalue weighted by atomic mass is 10.2. The van der Waals surface area contributed by atoms with Gasteiger partial charge in [0.05, 0.1) is 37.6 Å². The number of benzene rings is 3. The van der Waals surface area contributed by atoms with Crippen molar-refractivity contribution in [1.82, 2.24) is 5.43 Å². The summed E-state index contributed by atoms with van der Waals surface area (Å²) >= 11 is 5.92. The quantitative estimate of drug-likeness (QED) is 0.295. The van der Waals surface area contributed by atoms with Crippen LogP contribution in [0.3, 0.4) is 0 Å². The first-order valence-electron chi connectivity index (χ1n) is 10.8. The maximum Gasteiger partial charge on any atom is 0.264 e. The Balaban J connectivity index is 1.85. The predicted octanol–water partition coefficient (Wildman–Crippen LogP) is 4.10. The molecule has 0 atom stereocenters. The highest BCUT2D eigenvalue weighted by molar-refractivity contribution is 7.92.